The summed E-state index contributed by atoms with van der Waals surface area (Å²) in [5, 5.41) is 1.18. The van der Waals surface area contributed by atoms with Gasteiger partial charge in [0.2, 0.25) is 5.91 Å². The lowest BCUT2D eigenvalue weighted by atomic mass is 10.0. The zero-order valence-electron chi connectivity index (χ0n) is 16.1. The van der Waals surface area contributed by atoms with Crippen LogP contribution in [0.1, 0.15) is 56.8 Å². The number of aryl methyl sites for hydroxylation is 2. The maximum atomic E-state index is 13.0. The van der Waals surface area contributed by atoms with E-state index in [1.165, 1.54) is 35.9 Å². The number of hydrogen-bond donors (Lipinski definition) is 2. The molecule has 3 aromatic rings. The minimum absolute atomic E-state index is 0.00977. The highest BCUT2D eigenvalue weighted by Gasteiger charge is 2.18. The van der Waals surface area contributed by atoms with E-state index in [2.05, 4.69) is 4.98 Å². The molecule has 1 heterocycles. The number of benzene rings is 2. The molecule has 1 aromatic heterocycles. The number of nitrogens with zero attached hydrogens (tertiary/aromatic N) is 1. The maximum absolute atomic E-state index is 13.0. The van der Waals surface area contributed by atoms with Crippen LogP contribution in [0.5, 0.6) is 0 Å². The normalized spacial score (nSPS) is 13.8. The first kappa shape index (κ1) is 18.3. The summed E-state index contributed by atoms with van der Waals surface area (Å²) in [6.07, 6.45) is 5.87. The third-order valence-corrected chi connectivity index (χ3v) is 5.60. The molecule has 0 saturated carbocycles. The molecule has 0 aliphatic heterocycles. The van der Waals surface area contributed by atoms with Crippen molar-refractivity contribution in [1.29, 1.82) is 0 Å². The molecule has 0 spiro atoms. The summed E-state index contributed by atoms with van der Waals surface area (Å²) in [4.78, 5) is 29.4. The number of carbonyl (C=O) groups excluding carboxylic acids is 2. The van der Waals surface area contributed by atoms with Crippen LogP contribution in [0.2, 0.25) is 0 Å². The molecule has 28 heavy (non-hydrogen) atoms. The number of H-pyrrole nitrogens is 1. The number of hydrogen-bond acceptors (Lipinski definition) is 2. The number of fused-ring (bicyclic) bond motifs is 3. The summed E-state index contributed by atoms with van der Waals surface area (Å²) < 4.78 is 0. The Balaban J connectivity index is 1.55. The number of primary amides is 1. The first-order valence-electron chi connectivity index (χ1n) is 9.80. The van der Waals surface area contributed by atoms with E-state index in [1.807, 2.05) is 30.3 Å². The van der Waals surface area contributed by atoms with Gasteiger partial charge in [-0.25, -0.2) is 0 Å². The Morgan fingerprint density at radius 3 is 2.46 bits per heavy atom. The molecule has 0 fully saturated rings. The van der Waals surface area contributed by atoms with E-state index < -0.39 is 5.91 Å². The van der Waals surface area contributed by atoms with Gasteiger partial charge in [-0.1, -0.05) is 18.6 Å². The molecular weight excluding hydrogens is 350 g/mol. The van der Waals surface area contributed by atoms with Gasteiger partial charge in [-0.3, -0.25) is 9.59 Å². The van der Waals surface area contributed by atoms with E-state index in [0.29, 0.717) is 17.7 Å². The highest BCUT2D eigenvalue weighted by atomic mass is 16.2. The number of nitrogens with one attached hydrogen (secondary N) is 1. The van der Waals surface area contributed by atoms with Gasteiger partial charge in [0, 0.05) is 41.3 Å². The summed E-state index contributed by atoms with van der Waals surface area (Å²) in [7, 11) is 1.80. The largest absolute Gasteiger partial charge is 0.366 e. The van der Waals surface area contributed by atoms with Crippen LogP contribution in [0, 0.1) is 0 Å². The van der Waals surface area contributed by atoms with Gasteiger partial charge in [0.15, 0.2) is 0 Å². The molecule has 5 heteroatoms. The molecule has 4 rings (SSSR count). The Kier molecular flexibility index (Phi) is 4.90. The Morgan fingerprint density at radius 2 is 1.71 bits per heavy atom. The van der Waals surface area contributed by atoms with Crippen molar-refractivity contribution >= 4 is 22.7 Å². The van der Waals surface area contributed by atoms with Crippen LogP contribution in [-0.2, 0) is 19.4 Å². The quantitative estimate of drug-likeness (QED) is 0.680. The number of amides is 2. The van der Waals surface area contributed by atoms with Crippen molar-refractivity contribution in [1.82, 2.24) is 9.88 Å². The van der Waals surface area contributed by atoms with Gasteiger partial charge in [-0.05, 0) is 67.1 Å². The van der Waals surface area contributed by atoms with Crippen molar-refractivity contribution in [3.05, 3.63) is 70.4 Å². The SMILES string of the molecule is CN(Cc1ccc(C(N)=O)cc1)C(=O)c1ccc2[nH]c3c(c2c1)CCCCC3. The van der Waals surface area contributed by atoms with E-state index in [0.717, 1.165) is 23.9 Å². The molecule has 144 valence electrons. The molecule has 0 radical (unpaired) electrons. The number of nitrogens with two attached hydrogens (primary N) is 1. The molecule has 1 aliphatic rings. The molecule has 3 N–H and O–H groups in total. The molecule has 0 bridgehead atoms. The predicted molar refractivity (Wildman–Crippen MR) is 110 cm³/mol. The number of rotatable bonds is 4. The summed E-state index contributed by atoms with van der Waals surface area (Å²) in [6, 6.07) is 13.0. The standard InChI is InChI=1S/C23H25N3O2/c1-26(14-15-7-9-16(10-8-15)22(24)27)23(28)17-11-12-21-19(13-17)18-5-3-2-4-6-20(18)25-21/h7-13,25H,2-6,14H2,1H3,(H2,24,27). The number of carbonyl (C=O) groups is 2. The Bertz CT molecular complexity index is 1030. The lowest BCUT2D eigenvalue weighted by Gasteiger charge is -2.17. The Hall–Kier alpha value is -3.08. The first-order valence-corrected chi connectivity index (χ1v) is 9.80. The average molecular weight is 375 g/mol. The van der Waals surface area contributed by atoms with Crippen molar-refractivity contribution in [2.75, 3.05) is 7.05 Å². The average Bonchev–Trinajstić information content (AvgIpc) is 2.87. The van der Waals surface area contributed by atoms with Gasteiger partial charge in [0.25, 0.3) is 5.91 Å². The lowest BCUT2D eigenvalue weighted by Crippen LogP contribution is -2.26. The maximum Gasteiger partial charge on any atom is 0.253 e. The highest BCUT2D eigenvalue weighted by Crippen LogP contribution is 2.29. The summed E-state index contributed by atoms with van der Waals surface area (Å²) in [5.74, 6) is -0.459. The molecule has 5 nitrogen and oxygen atoms in total. The molecular formula is C23H25N3O2. The van der Waals surface area contributed by atoms with E-state index in [-0.39, 0.29) is 5.91 Å². The summed E-state index contributed by atoms with van der Waals surface area (Å²) >= 11 is 0. The van der Waals surface area contributed by atoms with Crippen molar-refractivity contribution < 1.29 is 9.59 Å². The topological polar surface area (TPSA) is 79.2 Å². The van der Waals surface area contributed by atoms with E-state index in [9.17, 15) is 9.59 Å². The first-order chi connectivity index (χ1) is 13.5. The minimum Gasteiger partial charge on any atom is -0.366 e. The van der Waals surface area contributed by atoms with E-state index in [1.54, 1.807) is 24.1 Å². The van der Waals surface area contributed by atoms with Crippen molar-refractivity contribution in [3.8, 4) is 0 Å². The van der Waals surface area contributed by atoms with Gasteiger partial charge < -0.3 is 15.6 Å². The third-order valence-electron chi connectivity index (χ3n) is 5.60. The molecule has 0 atom stereocenters. The molecule has 2 amide bonds. The van der Waals surface area contributed by atoms with Crippen LogP contribution in [0.4, 0.5) is 0 Å². The fourth-order valence-electron chi connectivity index (χ4n) is 4.06. The van der Waals surface area contributed by atoms with Gasteiger partial charge in [-0.2, -0.15) is 0 Å². The second kappa shape index (κ2) is 7.50. The fraction of sp³-hybridized carbons (Fsp3) is 0.304. The summed E-state index contributed by atoms with van der Waals surface area (Å²) in [5.41, 5.74) is 11.2. The van der Waals surface area contributed by atoms with Gasteiger partial charge in [-0.15, -0.1) is 0 Å². The van der Waals surface area contributed by atoms with Crippen LogP contribution in [0.3, 0.4) is 0 Å². The molecule has 0 saturated heterocycles. The number of aromatic nitrogens is 1. The Morgan fingerprint density at radius 1 is 1.00 bits per heavy atom. The van der Waals surface area contributed by atoms with Crippen LogP contribution < -0.4 is 5.73 Å². The monoisotopic (exact) mass is 375 g/mol. The van der Waals surface area contributed by atoms with Crippen molar-refractivity contribution in [2.24, 2.45) is 5.73 Å². The number of aromatic amines is 1. The second-order valence-electron chi connectivity index (χ2n) is 7.63. The lowest BCUT2D eigenvalue weighted by molar-refractivity contribution is 0.0785. The minimum atomic E-state index is -0.449. The van der Waals surface area contributed by atoms with Crippen LogP contribution in [-0.4, -0.2) is 28.7 Å². The molecule has 1 aliphatic carbocycles. The third kappa shape index (κ3) is 3.52. The smallest absolute Gasteiger partial charge is 0.253 e. The predicted octanol–water partition coefficient (Wildman–Crippen LogP) is 3.81. The van der Waals surface area contributed by atoms with Crippen LogP contribution >= 0.6 is 0 Å². The zero-order valence-corrected chi connectivity index (χ0v) is 16.1. The van der Waals surface area contributed by atoms with Crippen molar-refractivity contribution in [3.63, 3.8) is 0 Å². The van der Waals surface area contributed by atoms with Gasteiger partial charge in [0.1, 0.15) is 0 Å². The van der Waals surface area contributed by atoms with Crippen LogP contribution in [0.25, 0.3) is 10.9 Å². The van der Waals surface area contributed by atoms with E-state index in [4.69, 9.17) is 5.73 Å². The zero-order chi connectivity index (χ0) is 19.7. The fourth-order valence-corrected chi connectivity index (χ4v) is 4.06. The van der Waals surface area contributed by atoms with Gasteiger partial charge >= 0.3 is 0 Å². The van der Waals surface area contributed by atoms with E-state index >= 15 is 0 Å². The van der Waals surface area contributed by atoms with Crippen molar-refractivity contribution in [2.45, 2.75) is 38.6 Å². The second-order valence-corrected chi connectivity index (χ2v) is 7.63. The highest BCUT2D eigenvalue weighted by molar-refractivity contribution is 5.99. The molecule has 0 unspecified atom stereocenters. The Labute approximate surface area is 164 Å². The molecule has 2 aromatic carbocycles. The van der Waals surface area contributed by atoms with Gasteiger partial charge in [0.05, 0.1) is 0 Å². The summed E-state index contributed by atoms with van der Waals surface area (Å²) in [6.45, 7) is 0.473. The van der Waals surface area contributed by atoms with Crippen LogP contribution in [0.15, 0.2) is 42.5 Å².